The van der Waals surface area contributed by atoms with Gasteiger partial charge < -0.3 is 0 Å². The summed E-state index contributed by atoms with van der Waals surface area (Å²) in [6, 6.07) is 8.83. The van der Waals surface area contributed by atoms with Crippen LogP contribution in [0.25, 0.3) is 0 Å². The normalized spacial score (nSPS) is 10.3. The van der Waals surface area contributed by atoms with Crippen molar-refractivity contribution in [1.29, 1.82) is 0 Å². The summed E-state index contributed by atoms with van der Waals surface area (Å²) in [5, 5.41) is 0. The number of rotatable bonds is 4. The monoisotopic (exact) mass is 242 g/mol. The number of benzene rings is 1. The standard InChI is InChI=1S/C14H14N2O2/c1-2-13-15-8-9-16(13)14(18)10-12(17)11-6-4-3-5-7-11/h3-9H,2,10H2,1H3. The second-order valence-corrected chi connectivity index (χ2v) is 3.93. The van der Waals surface area contributed by atoms with Crippen LogP contribution in [0, 0.1) is 0 Å². The molecule has 0 aliphatic rings. The van der Waals surface area contributed by atoms with Gasteiger partial charge in [0.25, 0.3) is 0 Å². The molecule has 92 valence electrons. The molecular formula is C14H14N2O2. The Morgan fingerprint density at radius 1 is 1.22 bits per heavy atom. The zero-order valence-electron chi connectivity index (χ0n) is 10.2. The highest BCUT2D eigenvalue weighted by molar-refractivity contribution is 6.07. The topological polar surface area (TPSA) is 52.0 Å². The van der Waals surface area contributed by atoms with E-state index in [1.165, 1.54) is 4.57 Å². The number of carbonyl (C=O) groups is 2. The van der Waals surface area contributed by atoms with E-state index >= 15 is 0 Å². The number of Topliss-reactive ketones (excluding diaryl/α,β-unsaturated/α-hetero) is 1. The predicted octanol–water partition coefficient (Wildman–Crippen LogP) is 2.36. The van der Waals surface area contributed by atoms with Gasteiger partial charge in [-0.25, -0.2) is 4.98 Å². The molecule has 0 saturated heterocycles. The summed E-state index contributed by atoms with van der Waals surface area (Å²) in [6.45, 7) is 1.92. The number of aryl methyl sites for hydroxylation is 1. The smallest absolute Gasteiger partial charge is 0.239 e. The average molecular weight is 242 g/mol. The Labute approximate surface area is 105 Å². The molecule has 0 radical (unpaired) electrons. The molecule has 0 fully saturated rings. The Kier molecular flexibility index (Phi) is 3.67. The Morgan fingerprint density at radius 2 is 1.94 bits per heavy atom. The highest BCUT2D eigenvalue weighted by atomic mass is 16.2. The first-order valence-corrected chi connectivity index (χ1v) is 5.86. The molecule has 2 aromatic rings. The van der Waals surface area contributed by atoms with Gasteiger partial charge in [0.1, 0.15) is 5.82 Å². The summed E-state index contributed by atoms with van der Waals surface area (Å²) in [7, 11) is 0. The van der Waals surface area contributed by atoms with Crippen molar-refractivity contribution in [2.45, 2.75) is 19.8 Å². The van der Waals surface area contributed by atoms with Crippen LogP contribution in [-0.4, -0.2) is 21.2 Å². The van der Waals surface area contributed by atoms with Crippen LogP contribution in [-0.2, 0) is 6.42 Å². The van der Waals surface area contributed by atoms with Gasteiger partial charge in [0.2, 0.25) is 5.91 Å². The predicted molar refractivity (Wildman–Crippen MR) is 67.6 cm³/mol. The van der Waals surface area contributed by atoms with Gasteiger partial charge in [-0.2, -0.15) is 0 Å². The minimum atomic E-state index is -0.238. The number of ketones is 1. The van der Waals surface area contributed by atoms with Crippen LogP contribution in [0.5, 0.6) is 0 Å². The molecule has 4 heteroatoms. The van der Waals surface area contributed by atoms with Crippen LogP contribution in [0.1, 0.15) is 34.3 Å². The molecule has 18 heavy (non-hydrogen) atoms. The lowest BCUT2D eigenvalue weighted by atomic mass is 10.1. The Bertz CT molecular complexity index is 558. The molecular weight excluding hydrogens is 228 g/mol. The van der Waals surface area contributed by atoms with Crippen LogP contribution in [0.15, 0.2) is 42.7 Å². The summed E-state index contributed by atoms with van der Waals surface area (Å²) in [5.74, 6) is 0.274. The van der Waals surface area contributed by atoms with E-state index in [4.69, 9.17) is 0 Å². The summed E-state index contributed by atoms with van der Waals surface area (Å²) >= 11 is 0. The van der Waals surface area contributed by atoms with Crippen molar-refractivity contribution < 1.29 is 9.59 Å². The molecule has 1 heterocycles. The third kappa shape index (κ3) is 2.53. The van der Waals surface area contributed by atoms with Crippen molar-refractivity contribution in [3.8, 4) is 0 Å². The zero-order chi connectivity index (χ0) is 13.0. The fraction of sp³-hybridized carbons (Fsp3) is 0.214. The number of hydrogen-bond acceptors (Lipinski definition) is 3. The highest BCUT2D eigenvalue weighted by Crippen LogP contribution is 2.06. The van der Waals surface area contributed by atoms with Gasteiger partial charge in [-0.3, -0.25) is 14.2 Å². The van der Waals surface area contributed by atoms with E-state index in [1.54, 1.807) is 36.7 Å². The van der Waals surface area contributed by atoms with E-state index in [1.807, 2.05) is 13.0 Å². The number of hydrogen-bond donors (Lipinski definition) is 0. The highest BCUT2D eigenvalue weighted by Gasteiger charge is 2.15. The number of imidazole rings is 1. The maximum atomic E-state index is 12.0. The molecule has 0 N–H and O–H groups in total. The van der Waals surface area contributed by atoms with E-state index in [0.717, 1.165) is 0 Å². The minimum Gasteiger partial charge on any atom is -0.294 e. The Balaban J connectivity index is 2.11. The Morgan fingerprint density at radius 3 is 2.61 bits per heavy atom. The maximum Gasteiger partial charge on any atom is 0.239 e. The maximum absolute atomic E-state index is 12.0. The third-order valence-corrected chi connectivity index (χ3v) is 2.71. The summed E-state index contributed by atoms with van der Waals surface area (Å²) in [5.41, 5.74) is 0.559. The molecule has 0 unspecified atom stereocenters. The third-order valence-electron chi connectivity index (χ3n) is 2.71. The summed E-state index contributed by atoms with van der Waals surface area (Å²) in [6.07, 6.45) is 3.70. The van der Waals surface area contributed by atoms with E-state index in [0.29, 0.717) is 17.8 Å². The second-order valence-electron chi connectivity index (χ2n) is 3.93. The van der Waals surface area contributed by atoms with Gasteiger partial charge in [-0.1, -0.05) is 37.3 Å². The van der Waals surface area contributed by atoms with Gasteiger partial charge in [0.15, 0.2) is 5.78 Å². The molecule has 1 aromatic carbocycles. The van der Waals surface area contributed by atoms with E-state index < -0.39 is 0 Å². The van der Waals surface area contributed by atoms with Crippen molar-refractivity contribution in [2.24, 2.45) is 0 Å². The fourth-order valence-electron chi connectivity index (χ4n) is 1.77. The largest absolute Gasteiger partial charge is 0.294 e. The van der Waals surface area contributed by atoms with Gasteiger partial charge >= 0.3 is 0 Å². The first-order chi connectivity index (χ1) is 8.72. The molecule has 0 aliphatic carbocycles. The molecule has 1 aromatic heterocycles. The first kappa shape index (κ1) is 12.2. The molecule has 0 atom stereocenters. The van der Waals surface area contributed by atoms with Crippen LogP contribution in [0.4, 0.5) is 0 Å². The molecule has 4 nitrogen and oxygen atoms in total. The number of nitrogens with zero attached hydrogens (tertiary/aromatic N) is 2. The van der Waals surface area contributed by atoms with E-state index in [2.05, 4.69) is 4.98 Å². The van der Waals surface area contributed by atoms with Crippen molar-refractivity contribution in [3.05, 3.63) is 54.1 Å². The molecule has 0 bridgehead atoms. The van der Waals surface area contributed by atoms with E-state index in [9.17, 15) is 9.59 Å². The van der Waals surface area contributed by atoms with Crippen molar-refractivity contribution in [3.63, 3.8) is 0 Å². The number of aromatic nitrogens is 2. The first-order valence-electron chi connectivity index (χ1n) is 5.86. The van der Waals surface area contributed by atoms with Gasteiger partial charge in [0, 0.05) is 24.4 Å². The van der Waals surface area contributed by atoms with Crippen molar-refractivity contribution in [1.82, 2.24) is 9.55 Å². The van der Waals surface area contributed by atoms with Crippen molar-refractivity contribution >= 4 is 11.7 Å². The molecule has 0 amide bonds. The summed E-state index contributed by atoms with van der Waals surface area (Å²) in [4.78, 5) is 27.9. The number of carbonyl (C=O) groups excluding carboxylic acids is 2. The minimum absolute atomic E-state index is 0.132. The Hall–Kier alpha value is -2.23. The molecule has 0 aliphatic heterocycles. The fourth-order valence-corrected chi connectivity index (χ4v) is 1.77. The van der Waals surface area contributed by atoms with Gasteiger partial charge in [0.05, 0.1) is 6.42 Å². The second kappa shape index (κ2) is 5.40. The van der Waals surface area contributed by atoms with Crippen LogP contribution < -0.4 is 0 Å². The van der Waals surface area contributed by atoms with Gasteiger partial charge in [-0.05, 0) is 0 Å². The van der Waals surface area contributed by atoms with Gasteiger partial charge in [-0.15, -0.1) is 0 Å². The van der Waals surface area contributed by atoms with Crippen LogP contribution in [0.3, 0.4) is 0 Å². The van der Waals surface area contributed by atoms with Crippen LogP contribution in [0.2, 0.25) is 0 Å². The average Bonchev–Trinajstić information content (AvgIpc) is 2.88. The molecule has 2 rings (SSSR count). The van der Waals surface area contributed by atoms with E-state index in [-0.39, 0.29) is 18.1 Å². The quantitative estimate of drug-likeness (QED) is 0.611. The van der Waals surface area contributed by atoms with Crippen molar-refractivity contribution in [2.75, 3.05) is 0 Å². The lowest BCUT2D eigenvalue weighted by molar-refractivity contribution is 0.0840. The SMILES string of the molecule is CCc1nccn1C(=O)CC(=O)c1ccccc1. The molecule has 0 saturated carbocycles. The lowest BCUT2D eigenvalue weighted by Crippen LogP contribution is -2.17. The zero-order valence-corrected chi connectivity index (χ0v) is 10.2. The molecule has 0 spiro atoms. The van der Waals surface area contributed by atoms with Crippen LogP contribution >= 0.6 is 0 Å². The lowest BCUT2D eigenvalue weighted by Gasteiger charge is -2.04. The summed E-state index contributed by atoms with van der Waals surface area (Å²) < 4.78 is 1.45.